The molecule has 2 heterocycles. The van der Waals surface area contributed by atoms with Gasteiger partial charge in [-0.25, -0.2) is 0 Å². The molecule has 0 unspecified atom stereocenters. The molecule has 0 radical (unpaired) electrons. The average molecular weight is 356 g/mol. The highest BCUT2D eigenvalue weighted by Crippen LogP contribution is 2.25. The number of anilines is 1. The number of benzene rings is 1. The molecular weight excluding hydrogens is 332 g/mol. The van der Waals surface area contributed by atoms with Gasteiger partial charge in [-0.15, -0.1) is 10.2 Å². The molecule has 1 aromatic heterocycles. The van der Waals surface area contributed by atoms with Crippen molar-refractivity contribution in [1.82, 2.24) is 15.5 Å². The van der Waals surface area contributed by atoms with Crippen LogP contribution in [-0.4, -0.2) is 54.6 Å². The van der Waals surface area contributed by atoms with Gasteiger partial charge in [0.05, 0.1) is 5.60 Å². The molecule has 138 valence electrons. The Morgan fingerprint density at radius 1 is 1.27 bits per heavy atom. The van der Waals surface area contributed by atoms with Gasteiger partial charge in [0.25, 0.3) is 5.91 Å². The Kier molecular flexibility index (Phi) is 5.37. The van der Waals surface area contributed by atoms with Gasteiger partial charge >= 0.3 is 0 Å². The second kappa shape index (κ2) is 7.70. The summed E-state index contributed by atoms with van der Waals surface area (Å²) in [5, 5.41) is 10.8. The van der Waals surface area contributed by atoms with Gasteiger partial charge < -0.3 is 19.7 Å². The molecular formula is C19H24N4O3. The molecule has 1 aliphatic rings. The van der Waals surface area contributed by atoms with Crippen molar-refractivity contribution >= 4 is 11.7 Å². The normalized spacial score (nSPS) is 19.0. The third-order valence-electron chi connectivity index (χ3n) is 4.09. The highest BCUT2D eigenvalue weighted by molar-refractivity contribution is 5.91. The van der Waals surface area contributed by atoms with Crippen LogP contribution in [0, 0.1) is 0 Å². The van der Waals surface area contributed by atoms with E-state index >= 15 is 0 Å². The maximum atomic E-state index is 11.6. The van der Waals surface area contributed by atoms with Crippen LogP contribution in [0.4, 0.5) is 5.82 Å². The molecule has 1 fully saturated rings. The van der Waals surface area contributed by atoms with E-state index in [9.17, 15) is 4.79 Å². The molecule has 0 aliphatic carbocycles. The molecule has 0 saturated carbocycles. The highest BCUT2D eigenvalue weighted by Gasteiger charge is 2.34. The second-order valence-electron chi connectivity index (χ2n) is 6.86. The number of aromatic nitrogens is 2. The van der Waals surface area contributed by atoms with E-state index < -0.39 is 0 Å². The summed E-state index contributed by atoms with van der Waals surface area (Å²) in [7, 11) is 1.57. The molecule has 1 saturated heterocycles. The number of hydrogen-bond acceptors (Lipinski definition) is 6. The molecule has 1 amide bonds. The monoisotopic (exact) mass is 356 g/mol. The van der Waals surface area contributed by atoms with Crippen molar-refractivity contribution < 1.29 is 14.3 Å². The molecule has 2 aromatic rings. The zero-order valence-electron chi connectivity index (χ0n) is 15.3. The Morgan fingerprint density at radius 3 is 2.69 bits per heavy atom. The van der Waals surface area contributed by atoms with Gasteiger partial charge in [-0.3, -0.25) is 4.79 Å². The quantitative estimate of drug-likeness (QED) is 0.882. The number of nitrogens with one attached hydrogen (secondary N) is 1. The van der Waals surface area contributed by atoms with Crippen molar-refractivity contribution in [1.29, 1.82) is 0 Å². The fourth-order valence-corrected chi connectivity index (χ4v) is 3.01. The minimum Gasteiger partial charge on any atom is -0.491 e. The lowest BCUT2D eigenvalue weighted by atomic mass is 10.1. The van der Waals surface area contributed by atoms with Gasteiger partial charge in [0.2, 0.25) is 0 Å². The summed E-state index contributed by atoms with van der Waals surface area (Å²) < 4.78 is 12.0. The number of amides is 1. The molecule has 1 aromatic carbocycles. The predicted molar refractivity (Wildman–Crippen MR) is 98.5 cm³/mol. The first-order valence-electron chi connectivity index (χ1n) is 8.63. The Balaban J connectivity index is 1.68. The number of ether oxygens (including phenoxy) is 2. The first-order chi connectivity index (χ1) is 12.5. The van der Waals surface area contributed by atoms with E-state index in [0.29, 0.717) is 25.4 Å². The van der Waals surface area contributed by atoms with Crippen LogP contribution in [0.5, 0.6) is 5.75 Å². The van der Waals surface area contributed by atoms with Crippen molar-refractivity contribution in [3.63, 3.8) is 0 Å². The van der Waals surface area contributed by atoms with Crippen LogP contribution in [0.15, 0.2) is 42.5 Å². The Hall–Kier alpha value is -2.67. The number of para-hydroxylation sites is 1. The lowest BCUT2D eigenvalue weighted by molar-refractivity contribution is -0.0972. The molecule has 1 aliphatic heterocycles. The van der Waals surface area contributed by atoms with Crippen molar-refractivity contribution in [3.05, 3.63) is 48.2 Å². The molecule has 0 bridgehead atoms. The number of carbonyl (C=O) groups is 1. The van der Waals surface area contributed by atoms with Gasteiger partial charge in [-0.2, -0.15) is 0 Å². The lowest BCUT2D eigenvalue weighted by Crippen LogP contribution is -2.54. The number of morpholine rings is 1. The van der Waals surface area contributed by atoms with Crippen LogP contribution < -0.4 is 15.0 Å². The van der Waals surface area contributed by atoms with Gasteiger partial charge in [-0.05, 0) is 38.1 Å². The lowest BCUT2D eigenvalue weighted by Gasteiger charge is -2.43. The van der Waals surface area contributed by atoms with Crippen LogP contribution in [0.1, 0.15) is 24.3 Å². The summed E-state index contributed by atoms with van der Waals surface area (Å²) in [6, 6.07) is 13.2. The number of carbonyl (C=O) groups excluding carboxylic acids is 1. The summed E-state index contributed by atoms with van der Waals surface area (Å²) in [6.07, 6.45) is -0.0978. The molecule has 26 heavy (non-hydrogen) atoms. The smallest absolute Gasteiger partial charge is 0.271 e. The van der Waals surface area contributed by atoms with Crippen molar-refractivity contribution in [2.75, 3.05) is 31.6 Å². The van der Waals surface area contributed by atoms with Crippen molar-refractivity contribution in [2.45, 2.75) is 25.6 Å². The van der Waals surface area contributed by atoms with Crippen molar-refractivity contribution in [2.24, 2.45) is 0 Å². The topological polar surface area (TPSA) is 76.6 Å². The molecule has 1 N–H and O–H groups in total. The van der Waals surface area contributed by atoms with Crippen LogP contribution in [0.3, 0.4) is 0 Å². The molecule has 7 nitrogen and oxygen atoms in total. The standard InChI is InChI=1S/C19H24N4O3/c1-19(2)13-23(17-10-9-16(21-22-17)18(24)20-3)11-15(26-19)12-25-14-7-5-4-6-8-14/h4-10,15H,11-13H2,1-3H3,(H,20,24)/t15-/m1/s1. The third-order valence-corrected chi connectivity index (χ3v) is 4.09. The number of hydrogen-bond donors (Lipinski definition) is 1. The van der Waals surface area contributed by atoms with E-state index in [1.807, 2.05) is 50.2 Å². The summed E-state index contributed by atoms with van der Waals surface area (Å²) in [6.45, 7) is 5.86. The van der Waals surface area contributed by atoms with Gasteiger partial charge in [0.1, 0.15) is 18.5 Å². The summed E-state index contributed by atoms with van der Waals surface area (Å²) in [4.78, 5) is 13.7. The highest BCUT2D eigenvalue weighted by atomic mass is 16.5. The fraction of sp³-hybridized carbons (Fsp3) is 0.421. The average Bonchev–Trinajstić information content (AvgIpc) is 2.65. The molecule has 7 heteroatoms. The minimum absolute atomic E-state index is 0.0978. The number of rotatable bonds is 5. The SMILES string of the molecule is CNC(=O)c1ccc(N2C[C@H](COc3ccccc3)OC(C)(C)C2)nn1. The first-order valence-corrected chi connectivity index (χ1v) is 8.63. The maximum absolute atomic E-state index is 11.6. The zero-order chi connectivity index (χ0) is 18.6. The predicted octanol–water partition coefficient (Wildman–Crippen LogP) is 1.90. The molecule has 3 rings (SSSR count). The van der Waals surface area contributed by atoms with Gasteiger partial charge in [0, 0.05) is 20.1 Å². The molecule has 1 atom stereocenters. The summed E-state index contributed by atoms with van der Waals surface area (Å²) in [5.41, 5.74) is -0.0443. The van der Waals surface area contributed by atoms with Crippen LogP contribution in [0.2, 0.25) is 0 Å². The zero-order valence-corrected chi connectivity index (χ0v) is 15.3. The van der Waals surface area contributed by atoms with E-state index in [1.54, 1.807) is 13.1 Å². The van der Waals surface area contributed by atoms with E-state index in [-0.39, 0.29) is 17.6 Å². The second-order valence-corrected chi connectivity index (χ2v) is 6.86. The van der Waals surface area contributed by atoms with Crippen LogP contribution >= 0.6 is 0 Å². The van der Waals surface area contributed by atoms with Crippen molar-refractivity contribution in [3.8, 4) is 5.75 Å². The maximum Gasteiger partial charge on any atom is 0.271 e. The van der Waals surface area contributed by atoms with Gasteiger partial charge in [0.15, 0.2) is 11.5 Å². The summed E-state index contributed by atoms with van der Waals surface area (Å²) >= 11 is 0. The van der Waals surface area contributed by atoms with E-state index in [2.05, 4.69) is 20.4 Å². The minimum atomic E-state index is -0.343. The fourth-order valence-electron chi connectivity index (χ4n) is 3.01. The first kappa shape index (κ1) is 18.1. The van der Waals surface area contributed by atoms with E-state index in [4.69, 9.17) is 9.47 Å². The van der Waals surface area contributed by atoms with E-state index in [0.717, 1.165) is 11.6 Å². The van der Waals surface area contributed by atoms with E-state index in [1.165, 1.54) is 0 Å². The Bertz CT molecular complexity index is 734. The number of nitrogens with zero attached hydrogens (tertiary/aromatic N) is 3. The Labute approximate surface area is 153 Å². The third kappa shape index (κ3) is 4.49. The Morgan fingerprint density at radius 2 is 2.04 bits per heavy atom. The van der Waals surface area contributed by atoms with Gasteiger partial charge in [-0.1, -0.05) is 18.2 Å². The summed E-state index contributed by atoms with van der Waals surface area (Å²) in [5.74, 6) is 1.29. The largest absolute Gasteiger partial charge is 0.491 e. The molecule has 0 spiro atoms. The van der Waals surface area contributed by atoms with Crippen LogP contribution in [0.25, 0.3) is 0 Å². The van der Waals surface area contributed by atoms with Crippen LogP contribution in [-0.2, 0) is 4.74 Å².